The maximum Gasteiger partial charge on any atom is 0.333 e. The Bertz CT molecular complexity index is 1560. The summed E-state index contributed by atoms with van der Waals surface area (Å²) in [6.07, 6.45) is 5.03. The second-order valence-electron chi connectivity index (χ2n) is 7.90. The molecular weight excluding hydrogens is 476 g/mol. The number of urea groups is 1. The van der Waals surface area contributed by atoms with Crippen LogP contribution >= 0.6 is 11.3 Å². The number of aryl methyl sites for hydroxylation is 1. The summed E-state index contributed by atoms with van der Waals surface area (Å²) in [7, 11) is -3.96. The summed E-state index contributed by atoms with van der Waals surface area (Å²) in [5.74, 6) is 0.312. The number of thiophene rings is 1. The third-order valence-corrected chi connectivity index (χ3v) is 7.99. The summed E-state index contributed by atoms with van der Waals surface area (Å²) in [5.41, 5.74) is 1.51. The van der Waals surface area contributed by atoms with E-state index in [9.17, 15) is 18.0 Å². The zero-order valence-electron chi connectivity index (χ0n) is 18.0. The van der Waals surface area contributed by atoms with Crippen molar-refractivity contribution in [1.29, 1.82) is 0 Å². The molecule has 3 heterocycles. The van der Waals surface area contributed by atoms with E-state index in [1.165, 1.54) is 35.3 Å². The van der Waals surface area contributed by atoms with E-state index >= 15 is 0 Å². The molecule has 0 radical (unpaired) electrons. The molecule has 0 bridgehead atoms. The highest BCUT2D eigenvalue weighted by Gasteiger charge is 2.21. The van der Waals surface area contributed by atoms with Gasteiger partial charge in [-0.3, -0.25) is 9.36 Å². The standard InChI is InChI=1S/C22H20N6O4S2/c1-13-2-9-20(33-13)34(31,32)27-22(30)26-16-6-8-19(23-11-16)28-12-24-18-10-15(25-14-3-4-14)5-7-17(18)21(28)29/h2,5-12,14,25H,3-4H2,1H3,(H2,26,27,30). The van der Waals surface area contributed by atoms with Crippen LogP contribution in [0.3, 0.4) is 0 Å². The molecule has 3 aromatic heterocycles. The van der Waals surface area contributed by atoms with Crippen LogP contribution in [0.4, 0.5) is 16.2 Å². The molecule has 4 aromatic rings. The first-order valence-electron chi connectivity index (χ1n) is 10.4. The highest BCUT2D eigenvalue weighted by Crippen LogP contribution is 2.26. The number of carbonyl (C=O) groups excluding carboxylic acids is 1. The minimum absolute atomic E-state index is 0.0484. The van der Waals surface area contributed by atoms with Gasteiger partial charge in [0.15, 0.2) is 0 Å². The van der Waals surface area contributed by atoms with Gasteiger partial charge in [0.1, 0.15) is 16.4 Å². The summed E-state index contributed by atoms with van der Waals surface area (Å²) in [4.78, 5) is 34.5. The molecule has 1 saturated carbocycles. The van der Waals surface area contributed by atoms with E-state index in [2.05, 4.69) is 20.6 Å². The quantitative estimate of drug-likeness (QED) is 0.373. The monoisotopic (exact) mass is 496 g/mol. The van der Waals surface area contributed by atoms with E-state index in [1.807, 2.05) is 16.9 Å². The Morgan fingerprint density at radius 2 is 1.88 bits per heavy atom. The van der Waals surface area contributed by atoms with Crippen molar-refractivity contribution in [2.24, 2.45) is 0 Å². The average molecular weight is 497 g/mol. The Kier molecular flexibility index (Phi) is 5.54. The number of anilines is 2. The van der Waals surface area contributed by atoms with E-state index < -0.39 is 16.1 Å². The molecule has 174 valence electrons. The van der Waals surface area contributed by atoms with Crippen molar-refractivity contribution < 1.29 is 13.2 Å². The minimum Gasteiger partial charge on any atom is -0.382 e. The lowest BCUT2D eigenvalue weighted by Crippen LogP contribution is -2.34. The molecule has 0 unspecified atom stereocenters. The van der Waals surface area contributed by atoms with Crippen molar-refractivity contribution in [1.82, 2.24) is 19.3 Å². The maximum atomic E-state index is 12.9. The SMILES string of the molecule is Cc1ccc(S(=O)(=O)NC(=O)Nc2ccc(-n3cnc4cc(NC5CC5)ccc4c3=O)nc2)s1. The van der Waals surface area contributed by atoms with Gasteiger partial charge in [-0.2, -0.15) is 0 Å². The fourth-order valence-corrected chi connectivity index (χ4v) is 5.52. The summed E-state index contributed by atoms with van der Waals surface area (Å²) in [6, 6.07) is 11.2. The first kappa shape index (κ1) is 22.0. The summed E-state index contributed by atoms with van der Waals surface area (Å²) >= 11 is 1.07. The highest BCUT2D eigenvalue weighted by molar-refractivity contribution is 7.92. The van der Waals surface area contributed by atoms with Crippen LogP contribution in [-0.2, 0) is 10.0 Å². The van der Waals surface area contributed by atoms with Gasteiger partial charge >= 0.3 is 6.03 Å². The van der Waals surface area contributed by atoms with E-state index in [-0.39, 0.29) is 15.5 Å². The molecule has 12 heteroatoms. The van der Waals surface area contributed by atoms with Crippen molar-refractivity contribution in [3.05, 3.63) is 70.2 Å². The number of nitrogens with zero attached hydrogens (tertiary/aromatic N) is 3. The third kappa shape index (κ3) is 4.63. The molecule has 1 aromatic carbocycles. The number of pyridine rings is 1. The summed E-state index contributed by atoms with van der Waals surface area (Å²) in [6.45, 7) is 1.77. The third-order valence-electron chi connectivity index (χ3n) is 5.17. The second kappa shape index (κ2) is 8.54. The molecule has 2 amide bonds. The second-order valence-corrected chi connectivity index (χ2v) is 11.1. The van der Waals surface area contributed by atoms with Gasteiger partial charge in [-0.15, -0.1) is 11.3 Å². The molecule has 5 rings (SSSR count). The number of hydrogen-bond acceptors (Lipinski definition) is 8. The van der Waals surface area contributed by atoms with Crippen LogP contribution in [0.5, 0.6) is 0 Å². The lowest BCUT2D eigenvalue weighted by atomic mass is 10.2. The van der Waals surface area contributed by atoms with Gasteiger partial charge in [-0.05, 0) is 62.2 Å². The van der Waals surface area contributed by atoms with Gasteiger partial charge < -0.3 is 10.6 Å². The predicted octanol–water partition coefficient (Wildman–Crippen LogP) is 3.24. The number of fused-ring (bicyclic) bond motifs is 1. The van der Waals surface area contributed by atoms with Gasteiger partial charge in [-0.25, -0.2) is 27.9 Å². The van der Waals surface area contributed by atoms with E-state index in [1.54, 1.807) is 19.1 Å². The van der Waals surface area contributed by atoms with Crippen LogP contribution in [-0.4, -0.2) is 35.0 Å². The van der Waals surface area contributed by atoms with Crippen LogP contribution in [0.15, 0.2) is 64.0 Å². The van der Waals surface area contributed by atoms with Crippen LogP contribution in [0.25, 0.3) is 16.7 Å². The Hall–Kier alpha value is -3.77. The van der Waals surface area contributed by atoms with Gasteiger partial charge in [0.05, 0.1) is 22.8 Å². The minimum atomic E-state index is -3.96. The van der Waals surface area contributed by atoms with Crippen molar-refractivity contribution in [2.75, 3.05) is 10.6 Å². The molecule has 3 N–H and O–H groups in total. The molecular formula is C22H20N6O4S2. The van der Waals surface area contributed by atoms with E-state index in [0.717, 1.165) is 34.7 Å². The number of rotatable bonds is 6. The zero-order valence-corrected chi connectivity index (χ0v) is 19.6. The van der Waals surface area contributed by atoms with Gasteiger partial charge in [-0.1, -0.05) is 0 Å². The van der Waals surface area contributed by atoms with Crippen LogP contribution in [0.1, 0.15) is 17.7 Å². The number of sulfonamides is 1. The molecule has 1 fully saturated rings. The predicted molar refractivity (Wildman–Crippen MR) is 130 cm³/mol. The summed E-state index contributed by atoms with van der Waals surface area (Å²) in [5, 5.41) is 6.27. The Morgan fingerprint density at radius 1 is 1.09 bits per heavy atom. The zero-order chi connectivity index (χ0) is 23.9. The maximum absolute atomic E-state index is 12.9. The molecule has 0 saturated heterocycles. The van der Waals surface area contributed by atoms with Gasteiger partial charge in [0.2, 0.25) is 0 Å². The van der Waals surface area contributed by atoms with Crippen LogP contribution in [0.2, 0.25) is 0 Å². The Balaban J connectivity index is 1.31. The lowest BCUT2D eigenvalue weighted by Gasteiger charge is -2.10. The van der Waals surface area contributed by atoms with E-state index in [0.29, 0.717) is 22.8 Å². The molecule has 0 atom stereocenters. The lowest BCUT2D eigenvalue weighted by molar-refractivity contribution is 0.256. The number of amides is 2. The fourth-order valence-electron chi connectivity index (χ4n) is 3.33. The molecule has 1 aliphatic carbocycles. The van der Waals surface area contributed by atoms with Crippen molar-refractivity contribution in [2.45, 2.75) is 30.0 Å². The smallest absolute Gasteiger partial charge is 0.333 e. The summed E-state index contributed by atoms with van der Waals surface area (Å²) < 4.78 is 27.9. The van der Waals surface area contributed by atoms with Crippen molar-refractivity contribution in [3.63, 3.8) is 0 Å². The highest BCUT2D eigenvalue weighted by atomic mass is 32.2. The number of benzene rings is 1. The largest absolute Gasteiger partial charge is 0.382 e. The topological polar surface area (TPSA) is 135 Å². The van der Waals surface area contributed by atoms with Crippen LogP contribution < -0.4 is 20.9 Å². The number of carbonyl (C=O) groups is 1. The Morgan fingerprint density at radius 3 is 2.56 bits per heavy atom. The molecule has 1 aliphatic rings. The first-order chi connectivity index (χ1) is 16.3. The van der Waals surface area contributed by atoms with Crippen molar-refractivity contribution in [3.8, 4) is 5.82 Å². The number of hydrogen-bond donors (Lipinski definition) is 3. The first-order valence-corrected chi connectivity index (χ1v) is 12.7. The Labute approximate surface area is 198 Å². The van der Waals surface area contributed by atoms with Gasteiger partial charge in [0, 0.05) is 16.6 Å². The van der Waals surface area contributed by atoms with E-state index in [4.69, 9.17) is 0 Å². The number of nitrogens with one attached hydrogen (secondary N) is 3. The fraction of sp³-hybridized carbons (Fsp3) is 0.182. The molecule has 0 aliphatic heterocycles. The van der Waals surface area contributed by atoms with Crippen LogP contribution in [0, 0.1) is 6.92 Å². The van der Waals surface area contributed by atoms with Crippen molar-refractivity contribution >= 4 is 49.7 Å². The van der Waals surface area contributed by atoms with Gasteiger partial charge in [0.25, 0.3) is 15.6 Å². The number of aromatic nitrogens is 3. The molecule has 10 nitrogen and oxygen atoms in total. The molecule has 0 spiro atoms. The average Bonchev–Trinajstić information content (AvgIpc) is 3.50. The normalized spacial score (nSPS) is 13.6. The molecule has 34 heavy (non-hydrogen) atoms.